The number of carbonyl (C=O) groups is 1. The van der Waals surface area contributed by atoms with E-state index in [1.807, 2.05) is 19.1 Å². The Morgan fingerprint density at radius 1 is 1.53 bits per heavy atom. The third-order valence-corrected chi connectivity index (χ3v) is 3.31. The molecule has 0 fully saturated rings. The number of aromatic nitrogens is 2. The van der Waals surface area contributed by atoms with Crippen molar-refractivity contribution in [1.29, 1.82) is 0 Å². The molecule has 0 saturated carbocycles. The number of hydrogen-bond donors (Lipinski definition) is 1. The van der Waals surface area contributed by atoms with Crippen LogP contribution in [0.25, 0.3) is 0 Å². The van der Waals surface area contributed by atoms with Crippen molar-refractivity contribution >= 4 is 17.2 Å². The van der Waals surface area contributed by atoms with Crippen molar-refractivity contribution < 1.29 is 4.79 Å². The molecule has 1 amide bonds. The summed E-state index contributed by atoms with van der Waals surface area (Å²) < 4.78 is 0. The zero-order valence-corrected chi connectivity index (χ0v) is 10.3. The summed E-state index contributed by atoms with van der Waals surface area (Å²) in [6, 6.07) is 3.79. The number of carbonyl (C=O) groups excluding carboxylic acids is 1. The Kier molecular flexibility index (Phi) is 3.82. The molecule has 1 N–H and O–H groups in total. The largest absolute Gasteiger partial charge is 0.352 e. The van der Waals surface area contributed by atoms with Crippen LogP contribution in [0.4, 0.5) is 0 Å². The van der Waals surface area contributed by atoms with Gasteiger partial charge in [-0.05, 0) is 18.6 Å². The number of pyridine rings is 1. The zero-order chi connectivity index (χ0) is 12.1. The van der Waals surface area contributed by atoms with Gasteiger partial charge in [0.1, 0.15) is 0 Å². The first-order valence-electron chi connectivity index (χ1n) is 5.30. The van der Waals surface area contributed by atoms with Crippen LogP contribution in [0.1, 0.15) is 16.1 Å². The van der Waals surface area contributed by atoms with Crippen molar-refractivity contribution in [2.45, 2.75) is 19.9 Å². The first-order valence-corrected chi connectivity index (χ1v) is 6.18. The summed E-state index contributed by atoms with van der Waals surface area (Å²) in [6.45, 7) is 2.44. The average Bonchev–Trinajstić information content (AvgIpc) is 2.74. The number of rotatable bonds is 4. The highest BCUT2D eigenvalue weighted by Crippen LogP contribution is 2.12. The minimum Gasteiger partial charge on any atom is -0.352 e. The molecule has 0 aromatic carbocycles. The fraction of sp³-hybridized carbons (Fsp3) is 0.250. The summed E-state index contributed by atoms with van der Waals surface area (Å²) >= 11 is 1.52. The quantitative estimate of drug-likeness (QED) is 0.894. The minimum absolute atomic E-state index is 0.0150. The second kappa shape index (κ2) is 5.54. The standard InChI is InChI=1S/C12H13N3OS/c1-9-11(17-8-15-9)5-12(16)14-7-10-3-2-4-13-6-10/h2-4,6,8H,5,7H2,1H3,(H,14,16). The van der Waals surface area contributed by atoms with Gasteiger partial charge < -0.3 is 5.32 Å². The summed E-state index contributed by atoms with van der Waals surface area (Å²) in [7, 11) is 0. The number of nitrogens with one attached hydrogen (secondary N) is 1. The highest BCUT2D eigenvalue weighted by atomic mass is 32.1. The van der Waals surface area contributed by atoms with Crippen LogP contribution in [0.2, 0.25) is 0 Å². The van der Waals surface area contributed by atoms with Gasteiger partial charge in [-0.1, -0.05) is 6.07 Å². The smallest absolute Gasteiger partial charge is 0.225 e. The molecule has 2 aromatic heterocycles. The van der Waals surface area contributed by atoms with Gasteiger partial charge in [0.15, 0.2) is 0 Å². The van der Waals surface area contributed by atoms with Crippen LogP contribution >= 0.6 is 11.3 Å². The van der Waals surface area contributed by atoms with Gasteiger partial charge in [-0.2, -0.15) is 0 Å². The van der Waals surface area contributed by atoms with E-state index in [2.05, 4.69) is 15.3 Å². The predicted molar refractivity (Wildman–Crippen MR) is 66.6 cm³/mol. The van der Waals surface area contributed by atoms with Crippen molar-refractivity contribution in [2.75, 3.05) is 0 Å². The second-order valence-corrected chi connectivity index (χ2v) is 4.62. The SMILES string of the molecule is Cc1ncsc1CC(=O)NCc1cccnc1. The van der Waals surface area contributed by atoms with Gasteiger partial charge in [0.25, 0.3) is 0 Å². The van der Waals surface area contributed by atoms with E-state index >= 15 is 0 Å². The molecule has 2 heterocycles. The lowest BCUT2D eigenvalue weighted by Crippen LogP contribution is -2.24. The molecule has 88 valence electrons. The molecule has 17 heavy (non-hydrogen) atoms. The second-order valence-electron chi connectivity index (χ2n) is 3.68. The average molecular weight is 247 g/mol. The fourth-order valence-electron chi connectivity index (χ4n) is 1.41. The first kappa shape index (κ1) is 11.7. The van der Waals surface area contributed by atoms with E-state index in [1.54, 1.807) is 17.9 Å². The first-order chi connectivity index (χ1) is 8.25. The maximum atomic E-state index is 11.7. The van der Waals surface area contributed by atoms with Crippen molar-refractivity contribution in [1.82, 2.24) is 15.3 Å². The minimum atomic E-state index is 0.0150. The Hall–Kier alpha value is -1.75. The van der Waals surface area contributed by atoms with Crippen molar-refractivity contribution in [3.8, 4) is 0 Å². The molecular weight excluding hydrogens is 234 g/mol. The van der Waals surface area contributed by atoms with Gasteiger partial charge in [0.05, 0.1) is 17.6 Å². The molecule has 0 aliphatic rings. The van der Waals surface area contributed by atoms with Crippen molar-refractivity contribution in [3.63, 3.8) is 0 Å². The Balaban J connectivity index is 1.85. The molecule has 2 rings (SSSR count). The molecule has 0 aliphatic carbocycles. The Bertz CT molecular complexity index is 495. The highest BCUT2D eigenvalue weighted by molar-refractivity contribution is 7.09. The molecule has 0 bridgehead atoms. The van der Waals surface area contributed by atoms with E-state index in [0.717, 1.165) is 16.1 Å². The highest BCUT2D eigenvalue weighted by Gasteiger charge is 2.07. The van der Waals surface area contributed by atoms with Gasteiger partial charge in [-0.15, -0.1) is 11.3 Å². The third kappa shape index (κ3) is 3.35. The maximum absolute atomic E-state index is 11.7. The maximum Gasteiger partial charge on any atom is 0.225 e. The molecule has 0 aliphatic heterocycles. The van der Waals surface area contributed by atoms with E-state index in [-0.39, 0.29) is 5.91 Å². The topological polar surface area (TPSA) is 54.9 Å². The third-order valence-electron chi connectivity index (χ3n) is 2.38. The van der Waals surface area contributed by atoms with Crippen molar-refractivity contribution in [3.05, 3.63) is 46.2 Å². The monoisotopic (exact) mass is 247 g/mol. The Morgan fingerprint density at radius 3 is 3.06 bits per heavy atom. The van der Waals surface area contributed by atoms with E-state index in [0.29, 0.717) is 13.0 Å². The number of nitrogens with zero attached hydrogens (tertiary/aromatic N) is 2. The van der Waals surface area contributed by atoms with Crippen LogP contribution in [0.3, 0.4) is 0 Å². The van der Waals surface area contributed by atoms with Gasteiger partial charge in [-0.25, -0.2) is 4.98 Å². The van der Waals surface area contributed by atoms with Gasteiger partial charge in [-0.3, -0.25) is 9.78 Å². The normalized spacial score (nSPS) is 10.2. The summed E-state index contributed by atoms with van der Waals surface area (Å²) in [5.74, 6) is 0.0150. The van der Waals surface area contributed by atoms with E-state index in [1.165, 1.54) is 11.3 Å². The van der Waals surface area contributed by atoms with Gasteiger partial charge in [0.2, 0.25) is 5.91 Å². The number of thiazole rings is 1. The molecule has 0 saturated heterocycles. The summed E-state index contributed by atoms with van der Waals surface area (Å²) in [6.07, 6.45) is 3.86. The predicted octanol–water partition coefficient (Wildman–Crippen LogP) is 1.71. The molecule has 5 heteroatoms. The van der Waals surface area contributed by atoms with E-state index in [9.17, 15) is 4.79 Å². The van der Waals surface area contributed by atoms with Crippen LogP contribution in [0.15, 0.2) is 30.0 Å². The lowest BCUT2D eigenvalue weighted by atomic mass is 10.2. The molecule has 0 spiro atoms. The van der Waals surface area contributed by atoms with Crippen LogP contribution in [0.5, 0.6) is 0 Å². The molecular formula is C12H13N3OS. The lowest BCUT2D eigenvalue weighted by Gasteiger charge is -2.04. The van der Waals surface area contributed by atoms with Crippen LogP contribution < -0.4 is 5.32 Å². The zero-order valence-electron chi connectivity index (χ0n) is 9.51. The molecule has 0 radical (unpaired) electrons. The molecule has 4 nitrogen and oxygen atoms in total. The van der Waals surface area contributed by atoms with Gasteiger partial charge >= 0.3 is 0 Å². The molecule has 0 atom stereocenters. The van der Waals surface area contributed by atoms with Crippen LogP contribution in [-0.2, 0) is 17.8 Å². The summed E-state index contributed by atoms with van der Waals surface area (Å²) in [5.41, 5.74) is 3.70. The lowest BCUT2D eigenvalue weighted by molar-refractivity contribution is -0.120. The Labute approximate surface area is 104 Å². The molecule has 0 unspecified atom stereocenters. The summed E-state index contributed by atoms with van der Waals surface area (Å²) in [4.78, 5) is 20.8. The van der Waals surface area contributed by atoms with Gasteiger partial charge in [0, 0.05) is 23.8 Å². The van der Waals surface area contributed by atoms with Crippen LogP contribution in [0, 0.1) is 6.92 Å². The Morgan fingerprint density at radius 2 is 2.41 bits per heavy atom. The number of hydrogen-bond acceptors (Lipinski definition) is 4. The number of amides is 1. The van der Waals surface area contributed by atoms with Crippen molar-refractivity contribution in [2.24, 2.45) is 0 Å². The summed E-state index contributed by atoms with van der Waals surface area (Å²) in [5, 5.41) is 2.86. The van der Waals surface area contributed by atoms with E-state index in [4.69, 9.17) is 0 Å². The van der Waals surface area contributed by atoms with Crippen LogP contribution in [-0.4, -0.2) is 15.9 Å². The number of aryl methyl sites for hydroxylation is 1. The fourth-order valence-corrected chi connectivity index (χ4v) is 2.18. The molecule has 2 aromatic rings. The van der Waals surface area contributed by atoms with E-state index < -0.39 is 0 Å².